The maximum absolute atomic E-state index is 13.6. The van der Waals surface area contributed by atoms with Crippen LogP contribution in [0.1, 0.15) is 43.0 Å². The van der Waals surface area contributed by atoms with Crippen molar-refractivity contribution in [1.82, 2.24) is 9.80 Å². The number of anilines is 1. The number of carbonyl (C=O) groups excluding carboxylic acids is 3. The maximum Gasteiger partial charge on any atom is 0.253 e. The number of carbonyl (C=O) groups is 3. The molecule has 0 saturated carbocycles. The van der Waals surface area contributed by atoms with Crippen LogP contribution in [0.4, 0.5) is 5.69 Å². The van der Waals surface area contributed by atoms with Gasteiger partial charge in [0.15, 0.2) is 0 Å². The molecule has 0 bridgehead atoms. The maximum atomic E-state index is 13.6. The zero-order chi connectivity index (χ0) is 24.1. The van der Waals surface area contributed by atoms with Crippen LogP contribution < -0.4 is 4.90 Å². The molecule has 2 saturated heterocycles. The molecule has 2 fully saturated rings. The lowest BCUT2D eigenvalue weighted by atomic mass is 9.98. The molecule has 0 aliphatic carbocycles. The van der Waals surface area contributed by atoms with Crippen molar-refractivity contribution in [3.63, 3.8) is 0 Å². The van der Waals surface area contributed by atoms with Crippen molar-refractivity contribution in [3.8, 4) is 0 Å². The number of amides is 3. The number of benzene rings is 2. The molecule has 2 aliphatic rings. The molecule has 7 heteroatoms. The monoisotopic (exact) mass is 479 g/mol. The Kier molecular flexibility index (Phi) is 7.93. The molecule has 6 nitrogen and oxygen atoms in total. The average Bonchev–Trinajstić information content (AvgIpc) is 3.28. The lowest BCUT2D eigenvalue weighted by Crippen LogP contribution is -2.50. The van der Waals surface area contributed by atoms with Gasteiger partial charge in [0, 0.05) is 54.8 Å². The first kappa shape index (κ1) is 24.3. The van der Waals surface area contributed by atoms with Gasteiger partial charge >= 0.3 is 0 Å². The Balaban J connectivity index is 1.39. The van der Waals surface area contributed by atoms with Crippen LogP contribution in [0, 0.1) is 5.92 Å². The van der Waals surface area contributed by atoms with Crippen molar-refractivity contribution < 1.29 is 14.4 Å². The number of hydrogen-bond donors (Lipinski definition) is 0. The summed E-state index contributed by atoms with van der Waals surface area (Å²) in [6, 6.07) is 17.4. The van der Waals surface area contributed by atoms with Crippen molar-refractivity contribution in [3.05, 3.63) is 60.2 Å². The smallest absolute Gasteiger partial charge is 0.253 e. The van der Waals surface area contributed by atoms with Gasteiger partial charge in [-0.3, -0.25) is 14.4 Å². The van der Waals surface area contributed by atoms with E-state index in [0.29, 0.717) is 31.7 Å². The Hall–Kier alpha value is -2.80. The fourth-order valence-corrected chi connectivity index (χ4v) is 5.39. The Morgan fingerprint density at radius 3 is 2.32 bits per heavy atom. The van der Waals surface area contributed by atoms with Gasteiger partial charge in [-0.2, -0.15) is 0 Å². The van der Waals surface area contributed by atoms with Crippen LogP contribution in [0.3, 0.4) is 0 Å². The van der Waals surface area contributed by atoms with Crippen molar-refractivity contribution in [2.75, 3.05) is 37.3 Å². The van der Waals surface area contributed by atoms with Gasteiger partial charge < -0.3 is 14.7 Å². The standard InChI is InChI=1S/C27H33N3O3S/c1-3-15-29(23-13-16-28(17-14-23)26(32)20-7-5-4-6-8-20)27(33)21-18-25(31)30(19-21)22-9-11-24(34-2)12-10-22/h4-12,21,23H,3,13-19H2,1-2H3. The van der Waals surface area contributed by atoms with Gasteiger partial charge in [-0.1, -0.05) is 25.1 Å². The molecule has 180 valence electrons. The molecule has 1 atom stereocenters. The van der Waals surface area contributed by atoms with Gasteiger partial charge in [-0.25, -0.2) is 0 Å². The molecule has 0 aromatic heterocycles. The molecule has 2 heterocycles. The van der Waals surface area contributed by atoms with E-state index in [0.717, 1.165) is 29.8 Å². The molecule has 0 N–H and O–H groups in total. The van der Waals surface area contributed by atoms with E-state index in [-0.39, 0.29) is 36.1 Å². The van der Waals surface area contributed by atoms with Crippen LogP contribution in [0.15, 0.2) is 59.5 Å². The van der Waals surface area contributed by atoms with Crippen molar-refractivity contribution >= 4 is 35.2 Å². The van der Waals surface area contributed by atoms with Crippen LogP contribution in [-0.4, -0.2) is 66.0 Å². The lowest BCUT2D eigenvalue weighted by Gasteiger charge is -2.39. The summed E-state index contributed by atoms with van der Waals surface area (Å²) in [6.07, 6.45) is 4.69. The zero-order valence-electron chi connectivity index (χ0n) is 20.0. The minimum Gasteiger partial charge on any atom is -0.339 e. The van der Waals surface area contributed by atoms with E-state index in [2.05, 4.69) is 6.92 Å². The summed E-state index contributed by atoms with van der Waals surface area (Å²) < 4.78 is 0. The minimum atomic E-state index is -0.316. The lowest BCUT2D eigenvalue weighted by molar-refractivity contribution is -0.139. The van der Waals surface area contributed by atoms with Crippen LogP contribution >= 0.6 is 11.8 Å². The fourth-order valence-electron chi connectivity index (χ4n) is 4.98. The topological polar surface area (TPSA) is 60.9 Å². The minimum absolute atomic E-state index is 0.00924. The van der Waals surface area contributed by atoms with Gasteiger partial charge in [0.25, 0.3) is 5.91 Å². The van der Waals surface area contributed by atoms with Gasteiger partial charge in [-0.05, 0) is 61.9 Å². The Bertz CT molecular complexity index is 1000. The van der Waals surface area contributed by atoms with E-state index < -0.39 is 0 Å². The molecule has 4 rings (SSSR count). The third kappa shape index (κ3) is 5.30. The van der Waals surface area contributed by atoms with E-state index >= 15 is 0 Å². The summed E-state index contributed by atoms with van der Waals surface area (Å²) in [7, 11) is 0. The van der Waals surface area contributed by atoms with Crippen LogP contribution in [0.2, 0.25) is 0 Å². The summed E-state index contributed by atoms with van der Waals surface area (Å²) in [5, 5.41) is 0. The number of rotatable bonds is 7. The quantitative estimate of drug-likeness (QED) is 0.556. The number of likely N-dealkylation sites (tertiary alicyclic amines) is 1. The Morgan fingerprint density at radius 1 is 1.03 bits per heavy atom. The molecule has 0 radical (unpaired) electrons. The predicted molar refractivity (Wildman–Crippen MR) is 136 cm³/mol. The van der Waals surface area contributed by atoms with Gasteiger partial charge in [0.1, 0.15) is 0 Å². The van der Waals surface area contributed by atoms with Crippen molar-refractivity contribution in [2.24, 2.45) is 5.92 Å². The molecule has 2 aliphatic heterocycles. The summed E-state index contributed by atoms with van der Waals surface area (Å²) in [5.41, 5.74) is 1.56. The summed E-state index contributed by atoms with van der Waals surface area (Å²) in [5.74, 6) is -0.179. The Morgan fingerprint density at radius 2 is 1.71 bits per heavy atom. The van der Waals surface area contributed by atoms with E-state index in [9.17, 15) is 14.4 Å². The van der Waals surface area contributed by atoms with Gasteiger partial charge in [-0.15, -0.1) is 11.8 Å². The first-order valence-corrected chi connectivity index (χ1v) is 13.3. The van der Waals surface area contributed by atoms with Crippen molar-refractivity contribution in [1.29, 1.82) is 0 Å². The van der Waals surface area contributed by atoms with Gasteiger partial charge in [0.05, 0.1) is 5.92 Å². The fraction of sp³-hybridized carbons (Fsp3) is 0.444. The van der Waals surface area contributed by atoms with E-state index in [1.165, 1.54) is 0 Å². The molecular formula is C27H33N3O3S. The molecular weight excluding hydrogens is 446 g/mol. The van der Waals surface area contributed by atoms with E-state index in [4.69, 9.17) is 0 Å². The SMILES string of the molecule is CCCN(C(=O)C1CC(=O)N(c2ccc(SC)cc2)C1)C1CCN(C(=O)c2ccccc2)CC1. The number of nitrogens with zero attached hydrogens (tertiary/aromatic N) is 3. The second kappa shape index (κ2) is 11.1. The molecule has 34 heavy (non-hydrogen) atoms. The summed E-state index contributed by atoms with van der Waals surface area (Å²) in [4.78, 5) is 45.9. The second-order valence-electron chi connectivity index (χ2n) is 9.02. The van der Waals surface area contributed by atoms with E-state index in [1.54, 1.807) is 16.7 Å². The number of hydrogen-bond acceptors (Lipinski definition) is 4. The van der Waals surface area contributed by atoms with Crippen LogP contribution in [0.5, 0.6) is 0 Å². The molecule has 0 spiro atoms. The summed E-state index contributed by atoms with van der Waals surface area (Å²) in [6.45, 7) is 4.48. The third-order valence-corrected chi connectivity index (χ3v) is 7.56. The predicted octanol–water partition coefficient (Wildman–Crippen LogP) is 4.30. The van der Waals surface area contributed by atoms with Crippen LogP contribution in [0.25, 0.3) is 0 Å². The van der Waals surface area contributed by atoms with Crippen LogP contribution in [-0.2, 0) is 9.59 Å². The van der Waals surface area contributed by atoms with Crippen molar-refractivity contribution in [2.45, 2.75) is 43.5 Å². The highest BCUT2D eigenvalue weighted by Crippen LogP contribution is 2.29. The number of piperidine rings is 1. The Labute approximate surface area is 206 Å². The summed E-state index contributed by atoms with van der Waals surface area (Å²) >= 11 is 1.66. The molecule has 2 aromatic rings. The number of thioether (sulfide) groups is 1. The highest BCUT2D eigenvalue weighted by Gasteiger charge is 2.39. The van der Waals surface area contributed by atoms with E-state index in [1.807, 2.05) is 70.7 Å². The highest BCUT2D eigenvalue weighted by molar-refractivity contribution is 7.98. The van der Waals surface area contributed by atoms with Gasteiger partial charge in [0.2, 0.25) is 11.8 Å². The molecule has 3 amide bonds. The highest BCUT2D eigenvalue weighted by atomic mass is 32.2. The third-order valence-electron chi connectivity index (χ3n) is 6.82. The normalized spacial score (nSPS) is 18.9. The molecule has 1 unspecified atom stereocenters. The first-order valence-electron chi connectivity index (χ1n) is 12.1. The first-order chi connectivity index (χ1) is 16.5. The largest absolute Gasteiger partial charge is 0.339 e. The zero-order valence-corrected chi connectivity index (χ0v) is 20.8. The molecule has 2 aromatic carbocycles. The average molecular weight is 480 g/mol. The second-order valence-corrected chi connectivity index (χ2v) is 9.90.